The highest BCUT2D eigenvalue weighted by molar-refractivity contribution is 6.01. The average molecular weight is 1480 g/mol. The van der Waals surface area contributed by atoms with Crippen LogP contribution in [0.2, 0.25) is 0 Å². The lowest BCUT2D eigenvalue weighted by atomic mass is 9.94. The number of hydrogen-bond acceptors (Lipinski definition) is 20. The van der Waals surface area contributed by atoms with E-state index >= 15 is 0 Å². The molecule has 0 bridgehead atoms. The first-order chi connectivity index (χ1) is 49.3. The van der Waals surface area contributed by atoms with Crippen molar-refractivity contribution >= 4 is 99.7 Å². The molecule has 12 amide bonds. The Morgan fingerprint density at radius 1 is 0.524 bits per heavy atom. The summed E-state index contributed by atoms with van der Waals surface area (Å²) < 4.78 is 0. The maximum absolute atomic E-state index is 14.8. The summed E-state index contributed by atoms with van der Waals surface area (Å²) in [6, 6.07) is -12.5. The number of fused-ring (bicyclic) bond motifs is 1. The minimum absolute atomic E-state index is 0.0159. The zero-order valence-corrected chi connectivity index (χ0v) is 61.3. The van der Waals surface area contributed by atoms with Crippen LogP contribution < -0.4 is 70.4 Å². The largest absolute Gasteiger partial charge is 0.481 e. The van der Waals surface area contributed by atoms with E-state index in [1.807, 2.05) is 0 Å². The SMILES string of the molecule is CC[C@H](C)[C@H](NC(=O)[C@@H](NC(=O)[C@@H](NC(=O)[C@@H](NC(=O)[C@@H](NC(=O)[C@@H](N)CCC(=O)O)[C@@H](C)O)[C@@H](C)O)[C@@H](C)CC)C(C)C)C(=O)N[C@H](C(=O)N[C@@H](Cc1c[nH]c2ccccc12)C(=O)N[C@H](C(=O)N1CCC[C@H]1C(=O)N[C@@H](C)C(=O)N1CCC[C@H]1C(=O)N[C@@H](CCCN=C(N)N)C(=O)O)[C@@H](C)O)[C@@H](C)O. The Balaban J connectivity index is 1.54. The minimum Gasteiger partial charge on any atom is -0.481 e. The molecule has 4 rings (SSSR count). The number of carbonyl (C=O) groups is 14. The van der Waals surface area contributed by atoms with Gasteiger partial charge in [-0.05, 0) is 109 Å². The van der Waals surface area contributed by atoms with E-state index in [1.54, 1.807) is 72.0 Å². The van der Waals surface area contributed by atoms with Crippen LogP contribution in [0.4, 0.5) is 0 Å². The number of H-pyrrole nitrogens is 1. The fourth-order valence-corrected chi connectivity index (χ4v) is 12.1. The number of aliphatic hydroxyl groups is 4. The van der Waals surface area contributed by atoms with E-state index < -0.39 is 210 Å². The van der Waals surface area contributed by atoms with Crippen LogP contribution in [0.25, 0.3) is 10.9 Å². The Labute approximate surface area is 608 Å². The number of aliphatic imine (C=N–C) groups is 1. The molecule has 0 unspecified atom stereocenters. The molecular weight excluding hydrogens is 1370 g/mol. The molecule has 2 aliphatic heterocycles. The fourth-order valence-electron chi connectivity index (χ4n) is 12.1. The molecule has 0 saturated carbocycles. The maximum atomic E-state index is 14.8. The van der Waals surface area contributed by atoms with Gasteiger partial charge in [0.15, 0.2) is 5.96 Å². The van der Waals surface area contributed by atoms with Gasteiger partial charge in [0.25, 0.3) is 0 Å². The number of nitrogens with one attached hydrogen (secondary N) is 11. The van der Waals surface area contributed by atoms with E-state index in [2.05, 4.69) is 63.1 Å². The highest BCUT2D eigenvalue weighted by atomic mass is 16.4. The van der Waals surface area contributed by atoms with E-state index in [-0.39, 0.29) is 83.4 Å². The van der Waals surface area contributed by atoms with Crippen molar-refractivity contribution in [3.63, 3.8) is 0 Å². The zero-order valence-electron chi connectivity index (χ0n) is 61.3. The van der Waals surface area contributed by atoms with Gasteiger partial charge in [-0.1, -0.05) is 72.6 Å². The molecule has 0 radical (unpaired) electrons. The topological polar surface area (TPSA) is 593 Å². The smallest absolute Gasteiger partial charge is 0.326 e. The van der Waals surface area contributed by atoms with Crippen LogP contribution >= 0.6 is 0 Å². The summed E-state index contributed by atoms with van der Waals surface area (Å²) in [5.41, 5.74) is 17.6. The lowest BCUT2D eigenvalue weighted by Gasteiger charge is -2.33. The van der Waals surface area contributed by atoms with Crippen molar-refractivity contribution in [2.45, 2.75) is 250 Å². The third kappa shape index (κ3) is 25.3. The van der Waals surface area contributed by atoms with Crippen molar-refractivity contribution in [3.05, 3.63) is 36.0 Å². The number of rotatable bonds is 41. The Bertz CT molecular complexity index is 3420. The van der Waals surface area contributed by atoms with Gasteiger partial charge >= 0.3 is 11.9 Å². The van der Waals surface area contributed by atoms with E-state index in [1.165, 1.54) is 25.7 Å². The number of guanidine groups is 1. The monoisotopic (exact) mass is 1480 g/mol. The molecule has 0 aliphatic carbocycles. The van der Waals surface area contributed by atoms with Crippen LogP contribution in [0.5, 0.6) is 0 Å². The highest BCUT2D eigenvalue weighted by Gasteiger charge is 2.45. The molecule has 23 N–H and O–H groups in total. The molecule has 105 heavy (non-hydrogen) atoms. The summed E-state index contributed by atoms with van der Waals surface area (Å²) in [5, 5.41) is 88.1. The number of nitrogens with two attached hydrogens (primary N) is 3. The molecule has 19 atom stereocenters. The maximum Gasteiger partial charge on any atom is 0.326 e. The van der Waals surface area contributed by atoms with Crippen molar-refractivity contribution < 1.29 is 97.8 Å². The van der Waals surface area contributed by atoms with Crippen molar-refractivity contribution in [1.29, 1.82) is 0 Å². The van der Waals surface area contributed by atoms with Gasteiger partial charge in [0, 0.05) is 49.6 Å². The highest BCUT2D eigenvalue weighted by Crippen LogP contribution is 2.24. The molecule has 37 heteroatoms. The molecular formula is C68H109N17O20. The van der Waals surface area contributed by atoms with E-state index in [0.29, 0.717) is 22.9 Å². The second kappa shape index (κ2) is 41.2. The second-order valence-corrected chi connectivity index (χ2v) is 27.5. The average Bonchev–Trinajstić information content (AvgIpc) is 1.72. The van der Waals surface area contributed by atoms with E-state index in [0.717, 1.165) is 18.7 Å². The van der Waals surface area contributed by atoms with Crippen molar-refractivity contribution in [2.75, 3.05) is 19.6 Å². The lowest BCUT2D eigenvalue weighted by Crippen LogP contribution is -2.64. The van der Waals surface area contributed by atoms with Crippen LogP contribution in [-0.4, -0.2) is 257 Å². The van der Waals surface area contributed by atoms with Crippen LogP contribution in [0.3, 0.4) is 0 Å². The first kappa shape index (κ1) is 87.8. The standard InChI is InChI=1S/C68H109N17O20/c1-12-32(5)49(79-63(100)53(37(10)88)82-64(101)52(36(9)87)80-55(92)41(69)24-25-47(90)91)60(97)77-48(31(3)4)59(96)78-50(33(6)13-2)61(98)81-51(35(8)86)62(99)76-44(29-39-30-73-42-20-15-14-19-40(39)42)56(93)83-54(38(11)89)66(103)85-28-18-22-45(85)57(94)74-34(7)65(102)84-27-17-23-46(84)58(95)75-43(67(104)105)21-16-26-72-68(70)71/h14-15,19-20,30-38,41,43-46,48-54,73,86-89H,12-13,16-18,21-29,69H2,1-11H3,(H,74,94)(H,75,95)(H,76,99)(H,77,97)(H,78,96)(H,79,100)(H,80,92)(H,81,98)(H,82,101)(H,83,93)(H,90,91)(H,104,105)(H4,70,71,72)/t32-,33-,34-,35+,36+,37+,38+,41-,43-,44-,45-,46-,48-,49-,50-,51-,52-,53-,54-/m0/s1. The molecule has 2 saturated heterocycles. The van der Waals surface area contributed by atoms with Crippen LogP contribution in [-0.2, 0) is 73.5 Å². The lowest BCUT2D eigenvalue weighted by molar-refractivity contribution is -0.146. The number of benzene rings is 1. The summed E-state index contributed by atoms with van der Waals surface area (Å²) in [7, 11) is 0. The van der Waals surface area contributed by atoms with Crippen molar-refractivity contribution in [1.82, 2.24) is 68.0 Å². The number of amides is 12. The fraction of sp³-hybridized carbons (Fsp3) is 0.662. The molecule has 1 aromatic heterocycles. The van der Waals surface area contributed by atoms with Crippen LogP contribution in [0, 0.1) is 17.8 Å². The molecule has 0 spiro atoms. The van der Waals surface area contributed by atoms with E-state index in [9.17, 15) is 92.7 Å². The Kier molecular flexibility index (Phi) is 34.5. The summed E-state index contributed by atoms with van der Waals surface area (Å²) in [5.74, 6) is -16.2. The quantitative estimate of drug-likeness (QED) is 0.0169. The number of carbonyl (C=O) groups excluding carboxylic acids is 12. The Morgan fingerprint density at radius 3 is 1.42 bits per heavy atom. The molecule has 37 nitrogen and oxygen atoms in total. The van der Waals surface area contributed by atoms with Crippen molar-refractivity contribution in [2.24, 2.45) is 39.9 Å². The number of aliphatic hydroxyl groups excluding tert-OH is 4. The molecule has 1 aromatic carbocycles. The normalized spacial score (nSPS) is 19.2. The van der Waals surface area contributed by atoms with Gasteiger partial charge in [0.1, 0.15) is 72.5 Å². The number of aromatic amines is 1. The summed E-state index contributed by atoms with van der Waals surface area (Å²) in [6.45, 7) is 16.0. The molecule has 2 fully saturated rings. The van der Waals surface area contributed by atoms with Gasteiger partial charge in [-0.25, -0.2) is 4.79 Å². The van der Waals surface area contributed by atoms with Gasteiger partial charge in [0.2, 0.25) is 70.9 Å². The van der Waals surface area contributed by atoms with Crippen molar-refractivity contribution in [3.8, 4) is 0 Å². The third-order valence-electron chi connectivity index (χ3n) is 18.8. The summed E-state index contributed by atoms with van der Waals surface area (Å²) >= 11 is 0. The first-order valence-corrected chi connectivity index (χ1v) is 35.4. The molecule has 586 valence electrons. The van der Waals surface area contributed by atoms with Gasteiger partial charge in [-0.2, -0.15) is 0 Å². The van der Waals surface area contributed by atoms with Gasteiger partial charge in [0.05, 0.1) is 30.5 Å². The molecule has 3 heterocycles. The summed E-state index contributed by atoms with van der Waals surface area (Å²) in [6.07, 6.45) is -4.46. The number of carboxylic acid groups (broad SMARTS) is 2. The minimum atomic E-state index is -1.86. The number of hydrogen-bond donors (Lipinski definition) is 20. The first-order valence-electron chi connectivity index (χ1n) is 35.4. The molecule has 2 aromatic rings. The van der Waals surface area contributed by atoms with E-state index in [4.69, 9.17) is 22.3 Å². The van der Waals surface area contributed by atoms with Gasteiger partial charge in [-0.3, -0.25) is 67.3 Å². The number of likely N-dealkylation sites (tertiary alicyclic amines) is 2. The zero-order chi connectivity index (χ0) is 79.0. The summed E-state index contributed by atoms with van der Waals surface area (Å²) in [4.78, 5) is 202. The predicted molar refractivity (Wildman–Crippen MR) is 379 cm³/mol. The molecule has 2 aliphatic rings. The number of aliphatic carboxylic acids is 2. The number of carboxylic acids is 2. The number of aromatic nitrogens is 1. The van der Waals surface area contributed by atoms with Crippen LogP contribution in [0.15, 0.2) is 35.5 Å². The second-order valence-electron chi connectivity index (χ2n) is 27.5. The van der Waals surface area contributed by atoms with Crippen LogP contribution in [0.1, 0.15) is 146 Å². The third-order valence-corrected chi connectivity index (χ3v) is 18.8. The van der Waals surface area contributed by atoms with Gasteiger partial charge < -0.3 is 116 Å². The number of para-hydroxylation sites is 1. The predicted octanol–water partition coefficient (Wildman–Crippen LogP) is -4.84. The Hall–Kier alpha value is -9.59. The van der Waals surface area contributed by atoms with Gasteiger partial charge in [-0.15, -0.1) is 0 Å². The Morgan fingerprint density at radius 2 is 0.952 bits per heavy atom. The number of nitrogens with zero attached hydrogens (tertiary/aromatic N) is 3.